The van der Waals surface area contributed by atoms with E-state index in [1.807, 2.05) is 30.3 Å². The Hall–Kier alpha value is -2.32. The molecule has 1 aliphatic heterocycles. The molecule has 1 aromatic carbocycles. The van der Waals surface area contributed by atoms with Gasteiger partial charge in [-0.05, 0) is 38.2 Å². The number of benzene rings is 1. The molecule has 0 radical (unpaired) electrons. The van der Waals surface area contributed by atoms with Gasteiger partial charge < -0.3 is 20.1 Å². The largest absolute Gasteiger partial charge is 0.461 e. The summed E-state index contributed by atoms with van der Waals surface area (Å²) in [5, 5.41) is 14.6. The fourth-order valence-electron chi connectivity index (χ4n) is 2.71. The van der Waals surface area contributed by atoms with Crippen LogP contribution >= 0.6 is 11.8 Å². The second-order valence-corrected chi connectivity index (χ2v) is 8.08. The van der Waals surface area contributed by atoms with Crippen molar-refractivity contribution >= 4 is 29.5 Å². The normalized spacial score (nSPS) is 18.7. The van der Waals surface area contributed by atoms with E-state index in [1.165, 1.54) is 16.7 Å². The standard InChI is InChI=1S/C20H26N2O5S/c1-13(2)27-20(26)18(24)16(11-15-7-5-4-6-8-15)21-17(23)12-22-9-10-28-14(3)19(22)25/h4-10,13-14,16,18,24H,11-12H2,1-3H3,(H,21,23)/t14?,16-,18?/m0/s1. The monoisotopic (exact) mass is 406 g/mol. The summed E-state index contributed by atoms with van der Waals surface area (Å²) in [5.74, 6) is -1.42. The van der Waals surface area contributed by atoms with Crippen LogP contribution in [0.25, 0.3) is 0 Å². The molecule has 0 saturated heterocycles. The molecule has 7 nitrogen and oxygen atoms in total. The lowest BCUT2D eigenvalue weighted by molar-refractivity contribution is -0.159. The summed E-state index contributed by atoms with van der Waals surface area (Å²) in [4.78, 5) is 38.1. The van der Waals surface area contributed by atoms with Crippen molar-refractivity contribution in [2.75, 3.05) is 6.54 Å². The second kappa shape index (κ2) is 10.3. The van der Waals surface area contributed by atoms with Crippen molar-refractivity contribution in [1.29, 1.82) is 0 Å². The van der Waals surface area contributed by atoms with Gasteiger partial charge in [0.2, 0.25) is 11.8 Å². The average Bonchev–Trinajstić information content (AvgIpc) is 2.64. The Morgan fingerprint density at radius 1 is 1.29 bits per heavy atom. The number of hydrogen-bond donors (Lipinski definition) is 2. The number of thioether (sulfide) groups is 1. The van der Waals surface area contributed by atoms with Gasteiger partial charge in [-0.2, -0.15) is 0 Å². The van der Waals surface area contributed by atoms with Crippen LogP contribution in [0.1, 0.15) is 26.3 Å². The Morgan fingerprint density at radius 3 is 2.61 bits per heavy atom. The Labute approximate surface area is 169 Å². The Bertz CT molecular complexity index is 723. The summed E-state index contributed by atoms with van der Waals surface area (Å²) >= 11 is 1.38. The Morgan fingerprint density at radius 2 is 1.96 bits per heavy atom. The molecule has 8 heteroatoms. The second-order valence-electron chi connectivity index (χ2n) is 6.82. The smallest absolute Gasteiger partial charge is 0.337 e. The highest BCUT2D eigenvalue weighted by Crippen LogP contribution is 2.20. The molecule has 0 aliphatic carbocycles. The summed E-state index contributed by atoms with van der Waals surface area (Å²) in [5.41, 5.74) is 0.850. The first-order valence-electron chi connectivity index (χ1n) is 9.12. The van der Waals surface area contributed by atoms with E-state index in [1.54, 1.807) is 32.4 Å². The van der Waals surface area contributed by atoms with Crippen molar-refractivity contribution in [3.63, 3.8) is 0 Å². The first-order valence-corrected chi connectivity index (χ1v) is 10.1. The zero-order chi connectivity index (χ0) is 20.7. The Kier molecular flexibility index (Phi) is 8.07. The SMILES string of the molecule is CC(C)OC(=O)C(O)[C@H](Cc1ccccc1)NC(=O)CN1C=CSC(C)C1=O. The quantitative estimate of drug-likeness (QED) is 0.635. The van der Waals surface area contributed by atoms with Crippen LogP contribution in [0.15, 0.2) is 41.9 Å². The van der Waals surface area contributed by atoms with Gasteiger partial charge in [0, 0.05) is 6.20 Å². The van der Waals surface area contributed by atoms with Crippen LogP contribution in [0, 0.1) is 0 Å². The number of amides is 2. The van der Waals surface area contributed by atoms with Gasteiger partial charge in [0.25, 0.3) is 0 Å². The summed E-state index contributed by atoms with van der Waals surface area (Å²) in [6.45, 7) is 4.95. The Balaban J connectivity index is 2.08. The highest BCUT2D eigenvalue weighted by molar-refractivity contribution is 8.03. The van der Waals surface area contributed by atoms with Gasteiger partial charge in [0.05, 0.1) is 17.4 Å². The number of hydrogen-bond acceptors (Lipinski definition) is 6. The lowest BCUT2D eigenvalue weighted by Crippen LogP contribution is -2.52. The number of rotatable bonds is 8. The molecule has 0 bridgehead atoms. The highest BCUT2D eigenvalue weighted by Gasteiger charge is 2.31. The van der Waals surface area contributed by atoms with Gasteiger partial charge in [-0.1, -0.05) is 30.3 Å². The van der Waals surface area contributed by atoms with E-state index in [2.05, 4.69) is 5.32 Å². The maximum atomic E-state index is 12.5. The molecule has 2 unspecified atom stereocenters. The topological polar surface area (TPSA) is 95.9 Å². The maximum absolute atomic E-state index is 12.5. The predicted molar refractivity (Wildman–Crippen MR) is 107 cm³/mol. The van der Waals surface area contributed by atoms with Crippen LogP contribution in [0.3, 0.4) is 0 Å². The van der Waals surface area contributed by atoms with Crippen LogP contribution in [0.4, 0.5) is 0 Å². The molecule has 2 N–H and O–H groups in total. The lowest BCUT2D eigenvalue weighted by Gasteiger charge is -2.27. The molecule has 2 rings (SSSR count). The van der Waals surface area contributed by atoms with Crippen LogP contribution in [-0.2, 0) is 25.5 Å². The van der Waals surface area contributed by atoms with Crippen molar-refractivity contribution in [2.24, 2.45) is 0 Å². The van der Waals surface area contributed by atoms with Crippen molar-refractivity contribution in [3.8, 4) is 0 Å². The zero-order valence-electron chi connectivity index (χ0n) is 16.2. The number of aliphatic hydroxyl groups is 1. The van der Waals surface area contributed by atoms with E-state index in [0.29, 0.717) is 0 Å². The molecular weight excluding hydrogens is 380 g/mol. The summed E-state index contributed by atoms with van der Waals surface area (Å²) in [6.07, 6.45) is -0.0990. The minimum Gasteiger partial charge on any atom is -0.461 e. The number of nitrogens with one attached hydrogen (secondary N) is 1. The third kappa shape index (κ3) is 6.38. The molecule has 152 valence electrons. The molecule has 2 amide bonds. The van der Waals surface area contributed by atoms with Crippen LogP contribution < -0.4 is 5.32 Å². The fourth-order valence-corrected chi connectivity index (χ4v) is 3.41. The molecule has 0 spiro atoms. The first kappa shape index (κ1) is 22.0. The molecule has 1 heterocycles. The summed E-state index contributed by atoms with van der Waals surface area (Å²) in [7, 11) is 0. The first-order chi connectivity index (χ1) is 13.3. The average molecular weight is 407 g/mol. The molecule has 1 aromatic rings. The predicted octanol–water partition coefficient (Wildman–Crippen LogP) is 1.46. The van der Waals surface area contributed by atoms with Crippen LogP contribution in [0.5, 0.6) is 0 Å². The van der Waals surface area contributed by atoms with Gasteiger partial charge in [-0.15, -0.1) is 11.8 Å². The van der Waals surface area contributed by atoms with E-state index in [-0.39, 0.29) is 30.2 Å². The van der Waals surface area contributed by atoms with E-state index in [0.717, 1.165) is 5.56 Å². The van der Waals surface area contributed by atoms with E-state index >= 15 is 0 Å². The van der Waals surface area contributed by atoms with Crippen molar-refractivity contribution in [2.45, 2.75) is 50.7 Å². The summed E-state index contributed by atoms with van der Waals surface area (Å²) < 4.78 is 5.07. The van der Waals surface area contributed by atoms with E-state index < -0.39 is 24.0 Å². The summed E-state index contributed by atoms with van der Waals surface area (Å²) in [6, 6.07) is 8.34. The molecule has 3 atom stereocenters. The van der Waals surface area contributed by atoms with Gasteiger partial charge in [0.15, 0.2) is 6.10 Å². The van der Waals surface area contributed by atoms with Gasteiger partial charge in [-0.25, -0.2) is 4.79 Å². The molecule has 0 saturated carbocycles. The zero-order valence-corrected chi connectivity index (χ0v) is 17.0. The minimum absolute atomic E-state index is 0.165. The molecular formula is C20H26N2O5S. The highest BCUT2D eigenvalue weighted by atomic mass is 32.2. The van der Waals surface area contributed by atoms with Crippen molar-refractivity contribution in [1.82, 2.24) is 10.2 Å². The third-order valence-corrected chi connectivity index (χ3v) is 4.98. The molecule has 28 heavy (non-hydrogen) atoms. The number of esters is 1. The van der Waals surface area contributed by atoms with Gasteiger partial charge >= 0.3 is 5.97 Å². The third-order valence-electron chi connectivity index (χ3n) is 4.09. The van der Waals surface area contributed by atoms with Gasteiger partial charge in [0.1, 0.15) is 6.54 Å². The van der Waals surface area contributed by atoms with Crippen LogP contribution in [0.2, 0.25) is 0 Å². The van der Waals surface area contributed by atoms with Gasteiger partial charge in [-0.3, -0.25) is 9.59 Å². The van der Waals surface area contributed by atoms with E-state index in [9.17, 15) is 19.5 Å². The molecule has 0 aromatic heterocycles. The molecule has 1 aliphatic rings. The van der Waals surface area contributed by atoms with Crippen molar-refractivity contribution in [3.05, 3.63) is 47.5 Å². The van der Waals surface area contributed by atoms with Crippen molar-refractivity contribution < 1.29 is 24.2 Å². The minimum atomic E-state index is -1.52. The number of carbonyl (C=O) groups is 3. The van der Waals surface area contributed by atoms with Crippen LogP contribution in [-0.4, -0.2) is 57.8 Å². The fraction of sp³-hybridized carbons (Fsp3) is 0.450. The lowest BCUT2D eigenvalue weighted by atomic mass is 10.0. The van der Waals surface area contributed by atoms with E-state index in [4.69, 9.17) is 4.74 Å². The molecule has 0 fully saturated rings. The number of ether oxygens (including phenoxy) is 1. The number of carbonyl (C=O) groups excluding carboxylic acids is 3. The maximum Gasteiger partial charge on any atom is 0.337 e. The number of nitrogens with zero attached hydrogens (tertiary/aromatic N) is 1. The number of aliphatic hydroxyl groups excluding tert-OH is 1.